The van der Waals surface area contributed by atoms with Gasteiger partial charge in [-0.15, -0.1) is 0 Å². The molecule has 1 aliphatic carbocycles. The first-order chi connectivity index (χ1) is 13.8. The molecule has 1 saturated carbocycles. The van der Waals surface area contributed by atoms with Crippen molar-refractivity contribution in [2.45, 2.75) is 44.9 Å². The number of anilines is 1. The molecule has 0 heterocycles. The quantitative estimate of drug-likeness (QED) is 0.492. The van der Waals surface area contributed by atoms with Crippen molar-refractivity contribution in [3.8, 4) is 5.75 Å². The molecule has 156 valence electrons. The lowest BCUT2D eigenvalue weighted by Gasteiger charge is -2.21. The van der Waals surface area contributed by atoms with Gasteiger partial charge in [0.15, 0.2) is 0 Å². The molecule has 29 heavy (non-hydrogen) atoms. The highest BCUT2D eigenvalue weighted by Crippen LogP contribution is 2.44. The lowest BCUT2D eigenvalue weighted by Crippen LogP contribution is -2.28. The van der Waals surface area contributed by atoms with E-state index in [0.29, 0.717) is 22.6 Å². The molecule has 0 radical (unpaired) electrons. The third-order valence-electron chi connectivity index (χ3n) is 4.91. The Bertz CT molecular complexity index is 894. The Balaban J connectivity index is 1.96. The van der Waals surface area contributed by atoms with E-state index in [4.69, 9.17) is 4.74 Å². The van der Waals surface area contributed by atoms with Crippen LogP contribution in [0.5, 0.6) is 5.75 Å². The van der Waals surface area contributed by atoms with Crippen molar-refractivity contribution in [1.82, 2.24) is 0 Å². The third kappa shape index (κ3) is 4.64. The van der Waals surface area contributed by atoms with Crippen molar-refractivity contribution in [3.63, 3.8) is 0 Å². The number of benzene rings is 2. The fourth-order valence-corrected chi connectivity index (χ4v) is 3.20. The van der Waals surface area contributed by atoms with Gasteiger partial charge in [0.25, 0.3) is 0 Å². The molecule has 2 aromatic rings. The molecule has 0 unspecified atom stereocenters. The van der Waals surface area contributed by atoms with Crippen LogP contribution >= 0.6 is 0 Å². The number of alkyl halides is 3. The topological polar surface area (TPSA) is 59.0 Å². The summed E-state index contributed by atoms with van der Waals surface area (Å²) in [6.45, 7) is 1.54. The molecule has 3 rings (SSSR count). The van der Waals surface area contributed by atoms with Crippen molar-refractivity contribution >= 4 is 11.8 Å². The van der Waals surface area contributed by atoms with Crippen LogP contribution in [0.1, 0.15) is 47.9 Å². The van der Waals surface area contributed by atoms with Gasteiger partial charge < -0.3 is 9.47 Å². The molecule has 1 N–H and O–H groups in total. The number of nitrogens with zero attached hydrogens (tertiary/aromatic N) is 1. The summed E-state index contributed by atoms with van der Waals surface area (Å²) in [5.41, 5.74) is 1.12. The van der Waals surface area contributed by atoms with Gasteiger partial charge >= 0.3 is 12.3 Å². The molecule has 8 heteroatoms. The SMILES string of the molecule is CCc1ccc(OCc2c(C3CC3)cccc2N(O)C(=O)OC)c(C(F)(F)F)c1. The minimum Gasteiger partial charge on any atom is -0.488 e. The summed E-state index contributed by atoms with van der Waals surface area (Å²) in [5.74, 6) is -0.0713. The van der Waals surface area contributed by atoms with Crippen molar-refractivity contribution in [3.05, 3.63) is 58.7 Å². The molecule has 0 atom stereocenters. The molecule has 5 nitrogen and oxygen atoms in total. The number of rotatable bonds is 6. The number of carbonyl (C=O) groups is 1. The fourth-order valence-electron chi connectivity index (χ4n) is 3.20. The normalized spacial score (nSPS) is 13.9. The predicted octanol–water partition coefficient (Wildman–Crippen LogP) is 5.69. The molecule has 0 bridgehead atoms. The van der Waals surface area contributed by atoms with E-state index in [-0.39, 0.29) is 24.0 Å². The monoisotopic (exact) mass is 409 g/mol. The maximum Gasteiger partial charge on any atom is 0.438 e. The Kier molecular flexibility index (Phi) is 6.02. The third-order valence-corrected chi connectivity index (χ3v) is 4.91. The highest BCUT2D eigenvalue weighted by Gasteiger charge is 2.35. The van der Waals surface area contributed by atoms with Crippen LogP contribution in [0.25, 0.3) is 0 Å². The van der Waals surface area contributed by atoms with Gasteiger partial charge in [-0.05, 0) is 54.5 Å². The Morgan fingerprint density at radius 1 is 1.24 bits per heavy atom. The molecule has 1 fully saturated rings. The summed E-state index contributed by atoms with van der Waals surface area (Å²) in [7, 11) is 1.12. The molecule has 0 aromatic heterocycles. The van der Waals surface area contributed by atoms with E-state index in [1.165, 1.54) is 12.1 Å². The number of methoxy groups -OCH3 is 1. The second-order valence-corrected chi connectivity index (χ2v) is 6.87. The number of hydrogen-bond acceptors (Lipinski definition) is 4. The van der Waals surface area contributed by atoms with E-state index in [1.54, 1.807) is 19.1 Å². The van der Waals surface area contributed by atoms with Gasteiger partial charge in [0.1, 0.15) is 12.4 Å². The van der Waals surface area contributed by atoms with Gasteiger partial charge in [-0.25, -0.2) is 4.79 Å². The summed E-state index contributed by atoms with van der Waals surface area (Å²) < 4.78 is 50.5. The average molecular weight is 409 g/mol. The predicted molar refractivity (Wildman–Crippen MR) is 100 cm³/mol. The summed E-state index contributed by atoms with van der Waals surface area (Å²) in [4.78, 5) is 11.8. The lowest BCUT2D eigenvalue weighted by atomic mass is 10.0. The van der Waals surface area contributed by atoms with Crippen LogP contribution in [0.3, 0.4) is 0 Å². The zero-order valence-corrected chi connectivity index (χ0v) is 16.1. The molecule has 0 spiro atoms. The van der Waals surface area contributed by atoms with Crippen molar-refractivity contribution in [2.24, 2.45) is 0 Å². The molecule has 2 aromatic carbocycles. The van der Waals surface area contributed by atoms with Crippen LogP contribution in [0, 0.1) is 0 Å². The molecular weight excluding hydrogens is 387 g/mol. The van der Waals surface area contributed by atoms with Gasteiger partial charge in [0, 0.05) is 5.56 Å². The van der Waals surface area contributed by atoms with Gasteiger partial charge in [0.05, 0.1) is 18.4 Å². The Labute approximate surface area is 166 Å². The van der Waals surface area contributed by atoms with E-state index in [9.17, 15) is 23.2 Å². The van der Waals surface area contributed by atoms with E-state index in [1.807, 2.05) is 6.07 Å². The molecule has 0 aliphatic heterocycles. The first-order valence-electron chi connectivity index (χ1n) is 9.27. The molecule has 1 amide bonds. The van der Waals surface area contributed by atoms with Gasteiger partial charge in [-0.1, -0.05) is 25.1 Å². The highest BCUT2D eigenvalue weighted by molar-refractivity contribution is 5.86. The zero-order valence-electron chi connectivity index (χ0n) is 16.1. The van der Waals surface area contributed by atoms with Gasteiger partial charge in [-0.3, -0.25) is 5.21 Å². The summed E-state index contributed by atoms with van der Waals surface area (Å²) >= 11 is 0. The second-order valence-electron chi connectivity index (χ2n) is 6.87. The van der Waals surface area contributed by atoms with E-state index in [0.717, 1.165) is 31.6 Å². The van der Waals surface area contributed by atoms with Crippen LogP contribution < -0.4 is 9.80 Å². The number of ether oxygens (including phenoxy) is 2. The van der Waals surface area contributed by atoms with Crippen molar-refractivity contribution < 1.29 is 32.6 Å². The first kappa shape index (κ1) is 21.0. The summed E-state index contributed by atoms with van der Waals surface area (Å²) in [6.07, 6.45) is -3.23. The molecule has 1 aliphatic rings. The Hall–Kier alpha value is -2.74. The minimum absolute atomic E-state index is 0.125. The van der Waals surface area contributed by atoms with E-state index in [2.05, 4.69) is 4.74 Å². The largest absolute Gasteiger partial charge is 0.488 e. The Morgan fingerprint density at radius 3 is 2.55 bits per heavy atom. The first-order valence-corrected chi connectivity index (χ1v) is 9.27. The van der Waals surface area contributed by atoms with Crippen LogP contribution in [0.4, 0.5) is 23.7 Å². The van der Waals surface area contributed by atoms with E-state index < -0.39 is 17.8 Å². The number of carbonyl (C=O) groups excluding carboxylic acids is 1. The fraction of sp³-hybridized carbons (Fsp3) is 0.381. The van der Waals surface area contributed by atoms with Crippen LogP contribution in [-0.2, 0) is 23.9 Å². The maximum atomic E-state index is 13.5. The smallest absolute Gasteiger partial charge is 0.438 e. The van der Waals surface area contributed by atoms with Crippen molar-refractivity contribution in [1.29, 1.82) is 0 Å². The Morgan fingerprint density at radius 2 is 1.97 bits per heavy atom. The molecular formula is C21H22F3NO4. The highest BCUT2D eigenvalue weighted by atomic mass is 19.4. The number of amides is 1. The lowest BCUT2D eigenvalue weighted by molar-refractivity contribution is -0.139. The molecule has 0 saturated heterocycles. The minimum atomic E-state index is -4.56. The zero-order chi connectivity index (χ0) is 21.2. The van der Waals surface area contributed by atoms with Crippen LogP contribution in [0.15, 0.2) is 36.4 Å². The van der Waals surface area contributed by atoms with Gasteiger partial charge in [0.2, 0.25) is 0 Å². The van der Waals surface area contributed by atoms with Crippen LogP contribution in [-0.4, -0.2) is 18.4 Å². The van der Waals surface area contributed by atoms with Gasteiger partial charge in [-0.2, -0.15) is 18.2 Å². The summed E-state index contributed by atoms with van der Waals surface area (Å²) in [5, 5.41) is 10.5. The maximum absolute atomic E-state index is 13.5. The summed E-state index contributed by atoms with van der Waals surface area (Å²) in [6, 6.07) is 8.97. The standard InChI is InChI=1S/C21H22F3NO4/c1-3-13-7-10-19(17(11-13)21(22,23)24)29-12-16-15(14-8-9-14)5-4-6-18(16)25(27)20(26)28-2/h4-7,10-11,14,27H,3,8-9,12H2,1-2H3. The number of aryl methyl sites for hydroxylation is 1. The van der Waals surface area contributed by atoms with Crippen LogP contribution in [0.2, 0.25) is 0 Å². The number of hydrogen-bond donors (Lipinski definition) is 1. The number of halogens is 3. The van der Waals surface area contributed by atoms with E-state index >= 15 is 0 Å². The second kappa shape index (κ2) is 8.32. The number of hydroxylamine groups is 1. The van der Waals surface area contributed by atoms with Crippen molar-refractivity contribution in [2.75, 3.05) is 12.2 Å². The average Bonchev–Trinajstić information content (AvgIpc) is 3.55.